The Hall–Kier alpha value is -3.82. The molecule has 0 spiro atoms. The molecular weight excluding hydrogens is 594 g/mol. The number of primary amides is 1. The first-order valence-electron chi connectivity index (χ1n) is 17.1. The normalized spacial score (nSPS) is 28.3. The summed E-state index contributed by atoms with van der Waals surface area (Å²) in [7, 11) is 5.34. The fraction of sp³-hybridized carbons (Fsp3) is 0.526. The number of rotatable bonds is 7. The van der Waals surface area contributed by atoms with Gasteiger partial charge in [-0.2, -0.15) is 0 Å². The van der Waals surface area contributed by atoms with Gasteiger partial charge in [-0.05, 0) is 124 Å². The number of hydrogen-bond donors (Lipinski definition) is 4. The van der Waals surface area contributed by atoms with Crippen molar-refractivity contribution >= 4 is 17.4 Å². The lowest BCUT2D eigenvalue weighted by Crippen LogP contribution is -2.55. The molecule has 5 atom stereocenters. The highest BCUT2D eigenvalue weighted by molar-refractivity contribution is 6.07. The molecule has 5 aliphatic rings. The molecule has 0 radical (unpaired) electrons. The number of phenols is 1. The molecule has 0 aromatic heterocycles. The summed E-state index contributed by atoms with van der Waals surface area (Å²) < 4.78 is 5.84. The van der Waals surface area contributed by atoms with E-state index in [0.29, 0.717) is 24.2 Å². The third-order valence-corrected chi connectivity index (χ3v) is 11.7. The number of carbonyl (C=O) groups excluding carboxylic acids is 2. The number of piperidine rings is 1. The minimum atomic E-state index is -0.694. The van der Waals surface area contributed by atoms with Crippen LogP contribution in [0.3, 0.4) is 0 Å². The van der Waals surface area contributed by atoms with Crippen LogP contribution in [0.5, 0.6) is 11.5 Å². The van der Waals surface area contributed by atoms with Crippen molar-refractivity contribution in [3.8, 4) is 22.6 Å². The van der Waals surface area contributed by atoms with Gasteiger partial charge in [-0.1, -0.05) is 19.1 Å². The first kappa shape index (κ1) is 31.8. The average Bonchev–Trinajstić information content (AvgIpc) is 3.87. The molecule has 3 unspecified atom stereocenters. The van der Waals surface area contributed by atoms with E-state index in [-0.39, 0.29) is 51.9 Å². The van der Waals surface area contributed by atoms with E-state index in [2.05, 4.69) is 24.0 Å². The van der Waals surface area contributed by atoms with E-state index in [1.54, 1.807) is 13.2 Å². The number of likely N-dealkylation sites (tertiary alicyclic amines) is 1. The van der Waals surface area contributed by atoms with Crippen molar-refractivity contribution in [2.45, 2.75) is 58.0 Å². The Morgan fingerprint density at radius 1 is 1.02 bits per heavy atom. The largest absolute Gasteiger partial charge is 0.510 e. The van der Waals surface area contributed by atoms with Gasteiger partial charge in [0.25, 0.3) is 0 Å². The van der Waals surface area contributed by atoms with Crippen LogP contribution in [0.2, 0.25) is 0 Å². The fourth-order valence-electron chi connectivity index (χ4n) is 9.32. The number of amides is 1. The average molecular weight is 642 g/mol. The highest BCUT2D eigenvalue weighted by Crippen LogP contribution is 2.58. The van der Waals surface area contributed by atoms with E-state index in [4.69, 9.17) is 10.5 Å². The van der Waals surface area contributed by atoms with E-state index in [9.17, 15) is 24.9 Å². The van der Waals surface area contributed by atoms with Crippen LogP contribution >= 0.6 is 0 Å². The Morgan fingerprint density at radius 3 is 2.38 bits per heavy atom. The molecule has 3 fully saturated rings. The summed E-state index contributed by atoms with van der Waals surface area (Å²) in [6, 6.07) is 9.15. The Morgan fingerprint density at radius 2 is 1.74 bits per heavy atom. The lowest BCUT2D eigenvalue weighted by atomic mass is 9.55. The number of likely N-dealkylation sites (N-methyl/N-ethyl adjacent to an activating group) is 1. The quantitative estimate of drug-likeness (QED) is 0.324. The van der Waals surface area contributed by atoms with Gasteiger partial charge in [0.1, 0.15) is 23.0 Å². The van der Waals surface area contributed by atoms with Crippen LogP contribution < -0.4 is 10.5 Å². The number of hydrogen-bond acceptors (Lipinski definition) is 8. The molecule has 5 N–H and O–H groups in total. The number of Topliss-reactive ketones (excluding diaryl/α,β-unsaturated/α-hetero) is 1. The molecule has 2 aromatic rings. The van der Waals surface area contributed by atoms with Crippen LogP contribution in [0.4, 0.5) is 0 Å². The van der Waals surface area contributed by atoms with Gasteiger partial charge in [-0.25, -0.2) is 0 Å². The summed E-state index contributed by atoms with van der Waals surface area (Å²) in [5.41, 5.74) is 10.3. The van der Waals surface area contributed by atoms with Crippen LogP contribution in [0.1, 0.15) is 55.7 Å². The maximum Gasteiger partial charge on any atom is 0.248 e. The van der Waals surface area contributed by atoms with Gasteiger partial charge in [0.05, 0.1) is 24.3 Å². The number of methoxy groups -OCH3 is 1. The maximum atomic E-state index is 14.6. The predicted molar refractivity (Wildman–Crippen MR) is 180 cm³/mol. The molecule has 47 heavy (non-hydrogen) atoms. The van der Waals surface area contributed by atoms with Gasteiger partial charge in [-0.15, -0.1) is 0 Å². The number of allylic oxidation sites excluding steroid dienone is 1. The molecule has 2 aromatic carbocycles. The Labute approximate surface area is 276 Å². The van der Waals surface area contributed by atoms with E-state index in [0.717, 1.165) is 55.1 Å². The second kappa shape index (κ2) is 12.0. The second-order valence-electron chi connectivity index (χ2n) is 14.9. The van der Waals surface area contributed by atoms with Crippen LogP contribution in [0, 0.1) is 35.5 Å². The lowest BCUT2D eigenvalue weighted by molar-refractivity contribution is -0.128. The van der Waals surface area contributed by atoms with Crippen molar-refractivity contribution in [3.05, 3.63) is 63.9 Å². The first-order valence-corrected chi connectivity index (χ1v) is 17.1. The van der Waals surface area contributed by atoms with Crippen molar-refractivity contribution in [2.75, 3.05) is 34.3 Å². The van der Waals surface area contributed by atoms with Crippen molar-refractivity contribution in [3.63, 3.8) is 0 Å². The van der Waals surface area contributed by atoms with Gasteiger partial charge in [-0.3, -0.25) is 19.4 Å². The highest BCUT2D eigenvalue weighted by atomic mass is 16.5. The number of benzene rings is 2. The van der Waals surface area contributed by atoms with E-state index >= 15 is 0 Å². The standard InChI is InChI=1S/C38H47N3O6/c1-19-11-13-41(14-12-19)18-20-5-10-28(47-4)24(15-20)23-8-9-27(42)31-25(23)16-22-17-26-32(36(44)30(22)35(31)43)29(21-6-7-21)33(38(39)46)37(45)34(26)40(2)3/h5,8-10,15,19,21-22,26,29,32,34,42-43,45H,6-7,11-14,16-18H2,1-4H3,(H2,39,46)/t22?,26?,29-,32?,34-/m0/s1. The molecule has 7 rings (SSSR count). The van der Waals surface area contributed by atoms with Gasteiger partial charge < -0.3 is 25.8 Å². The minimum absolute atomic E-state index is 0.0237. The number of nitrogens with zero attached hydrogens (tertiary/aromatic N) is 2. The smallest absolute Gasteiger partial charge is 0.248 e. The summed E-state index contributed by atoms with van der Waals surface area (Å²) in [6.45, 7) is 5.28. The van der Waals surface area contributed by atoms with Gasteiger partial charge in [0.15, 0.2) is 5.78 Å². The van der Waals surface area contributed by atoms with Gasteiger partial charge >= 0.3 is 0 Å². The summed E-state index contributed by atoms with van der Waals surface area (Å²) in [4.78, 5) is 31.7. The van der Waals surface area contributed by atoms with Gasteiger partial charge in [0, 0.05) is 29.5 Å². The molecule has 250 valence electrons. The number of phenolic OH excluding ortho intramolecular Hbond substituents is 1. The number of aliphatic hydroxyl groups excluding tert-OH is 2. The fourth-order valence-corrected chi connectivity index (χ4v) is 9.32. The van der Waals surface area contributed by atoms with Crippen molar-refractivity contribution in [1.29, 1.82) is 0 Å². The molecule has 4 aliphatic carbocycles. The zero-order chi connectivity index (χ0) is 33.3. The topological polar surface area (TPSA) is 137 Å². The Kier molecular flexibility index (Phi) is 8.12. The molecule has 0 bridgehead atoms. The molecule has 1 aliphatic heterocycles. The second-order valence-corrected chi connectivity index (χ2v) is 14.9. The Bertz CT molecular complexity index is 1680. The van der Waals surface area contributed by atoms with Crippen molar-refractivity contribution in [2.24, 2.45) is 41.2 Å². The number of fused-ring (bicyclic) bond motifs is 3. The zero-order valence-electron chi connectivity index (χ0n) is 27.8. The molecular formula is C38H47N3O6. The monoisotopic (exact) mass is 641 g/mol. The minimum Gasteiger partial charge on any atom is -0.510 e. The van der Waals surface area contributed by atoms with Crippen molar-refractivity contribution < 1.29 is 29.6 Å². The van der Waals surface area contributed by atoms with Crippen LogP contribution in [-0.4, -0.2) is 77.1 Å². The molecule has 1 amide bonds. The SMILES string of the molecule is COc1ccc(CN2CCC(C)CC2)cc1-c1ccc(O)c2c1CC1CC3C(C(=O)C1=C2O)[C@H](C1CC1)C(C(N)=O)=C(O)[C@H]3N(C)C. The number of carbonyl (C=O) groups is 2. The summed E-state index contributed by atoms with van der Waals surface area (Å²) in [5.74, 6) is -1.33. The highest BCUT2D eigenvalue weighted by Gasteiger charge is 2.58. The van der Waals surface area contributed by atoms with E-state index in [1.165, 1.54) is 18.4 Å². The van der Waals surface area contributed by atoms with E-state index in [1.807, 2.05) is 31.1 Å². The number of ketones is 1. The molecule has 1 heterocycles. The lowest BCUT2D eigenvalue weighted by Gasteiger charge is -2.50. The van der Waals surface area contributed by atoms with Crippen LogP contribution in [-0.2, 0) is 22.6 Å². The van der Waals surface area contributed by atoms with Crippen LogP contribution in [0.25, 0.3) is 16.9 Å². The third kappa shape index (κ3) is 5.32. The number of ether oxygens (including phenoxy) is 1. The molecule has 9 heteroatoms. The summed E-state index contributed by atoms with van der Waals surface area (Å²) in [5, 5.41) is 34.6. The zero-order valence-corrected chi connectivity index (χ0v) is 27.8. The van der Waals surface area contributed by atoms with E-state index < -0.39 is 23.8 Å². The summed E-state index contributed by atoms with van der Waals surface area (Å²) in [6.07, 6.45) is 5.08. The van der Waals surface area contributed by atoms with Crippen molar-refractivity contribution in [1.82, 2.24) is 9.80 Å². The molecule has 9 nitrogen and oxygen atoms in total. The molecule has 2 saturated carbocycles. The molecule has 1 saturated heterocycles. The predicted octanol–water partition coefficient (Wildman–Crippen LogP) is 5.21. The first-order chi connectivity index (χ1) is 22.5. The number of nitrogens with two attached hydrogens (primary N) is 1. The van der Waals surface area contributed by atoms with Crippen LogP contribution in [0.15, 0.2) is 47.2 Å². The number of aliphatic hydroxyl groups is 2. The Balaban J connectivity index is 1.32. The third-order valence-electron chi connectivity index (χ3n) is 11.7. The van der Waals surface area contributed by atoms with Gasteiger partial charge in [0.2, 0.25) is 5.91 Å². The summed E-state index contributed by atoms with van der Waals surface area (Å²) >= 11 is 0. The number of aromatic hydroxyl groups is 1. The maximum absolute atomic E-state index is 14.6.